The minimum absolute atomic E-state index is 0.0862. The van der Waals surface area contributed by atoms with Crippen LogP contribution in [0.5, 0.6) is 0 Å². The van der Waals surface area contributed by atoms with Crippen molar-refractivity contribution in [1.82, 2.24) is 4.98 Å². The molecule has 0 radical (unpaired) electrons. The molecule has 1 aromatic carbocycles. The van der Waals surface area contributed by atoms with E-state index in [4.69, 9.17) is 16.7 Å². The topological polar surface area (TPSA) is 73.1 Å². The monoisotopic (exact) mass is 386 g/mol. The molecular formula is C20H19ClN2O2S. The van der Waals surface area contributed by atoms with E-state index in [0.717, 1.165) is 35.1 Å². The van der Waals surface area contributed by atoms with E-state index in [2.05, 4.69) is 17.1 Å². The number of rotatable bonds is 3. The molecule has 1 saturated carbocycles. The van der Waals surface area contributed by atoms with Crippen LogP contribution in [0.4, 0.5) is 0 Å². The predicted octanol–water partition coefficient (Wildman–Crippen LogP) is 4.42. The standard InChI is InChI=1S/C20H19ClN2O2S/c21-19-8-5-15(13-23-19)18-12-20(9-1-2-10-20)11-17(18)14-3-6-16(7-4-14)26(22,24)25/h3-8,11-13H,1-2,9-10H2,(H2,22,24,25). The van der Waals surface area contributed by atoms with Gasteiger partial charge in [0.25, 0.3) is 0 Å². The predicted molar refractivity (Wildman–Crippen MR) is 104 cm³/mol. The fourth-order valence-corrected chi connectivity index (χ4v) is 4.56. The summed E-state index contributed by atoms with van der Waals surface area (Å²) in [5, 5.41) is 5.68. The molecule has 0 unspecified atom stereocenters. The third-order valence-corrected chi connectivity index (χ3v) is 6.37. The summed E-state index contributed by atoms with van der Waals surface area (Å²) in [6, 6.07) is 10.5. The zero-order chi connectivity index (χ0) is 18.4. The molecule has 2 N–H and O–H groups in total. The van der Waals surface area contributed by atoms with Crippen molar-refractivity contribution in [2.75, 3.05) is 0 Å². The fourth-order valence-electron chi connectivity index (χ4n) is 3.93. The van der Waals surface area contributed by atoms with Crippen LogP contribution in [-0.2, 0) is 10.0 Å². The minimum atomic E-state index is -3.69. The van der Waals surface area contributed by atoms with Crippen molar-refractivity contribution < 1.29 is 8.42 Å². The smallest absolute Gasteiger partial charge is 0.238 e. The SMILES string of the molecule is NS(=O)(=O)c1ccc(C2=CC3(C=C2c2ccc(Cl)nc2)CCCC3)cc1. The summed E-state index contributed by atoms with van der Waals surface area (Å²) in [6.07, 6.45) is 11.2. The van der Waals surface area contributed by atoms with Gasteiger partial charge in [0.05, 0.1) is 4.90 Å². The summed E-state index contributed by atoms with van der Waals surface area (Å²) in [5.41, 5.74) is 4.31. The van der Waals surface area contributed by atoms with Gasteiger partial charge in [-0.2, -0.15) is 0 Å². The van der Waals surface area contributed by atoms with Crippen molar-refractivity contribution in [2.24, 2.45) is 10.6 Å². The van der Waals surface area contributed by atoms with Gasteiger partial charge in [-0.1, -0.05) is 48.7 Å². The Morgan fingerprint density at radius 1 is 0.923 bits per heavy atom. The highest BCUT2D eigenvalue weighted by atomic mass is 35.5. The normalized spacial score (nSPS) is 18.8. The first-order valence-electron chi connectivity index (χ1n) is 8.58. The Morgan fingerprint density at radius 2 is 1.50 bits per heavy atom. The quantitative estimate of drug-likeness (QED) is 0.793. The third kappa shape index (κ3) is 3.22. The van der Waals surface area contributed by atoms with E-state index in [-0.39, 0.29) is 10.3 Å². The van der Waals surface area contributed by atoms with Crippen LogP contribution in [0.1, 0.15) is 36.8 Å². The van der Waals surface area contributed by atoms with Crippen LogP contribution in [0.3, 0.4) is 0 Å². The zero-order valence-corrected chi connectivity index (χ0v) is 15.7. The molecule has 4 rings (SSSR count). The summed E-state index contributed by atoms with van der Waals surface area (Å²) >= 11 is 5.94. The largest absolute Gasteiger partial charge is 0.244 e. The Balaban J connectivity index is 1.79. The summed E-state index contributed by atoms with van der Waals surface area (Å²) < 4.78 is 23.0. The summed E-state index contributed by atoms with van der Waals surface area (Å²) in [5.74, 6) is 0. The molecule has 0 amide bonds. The second-order valence-electron chi connectivity index (χ2n) is 7.00. The summed E-state index contributed by atoms with van der Waals surface area (Å²) in [6.45, 7) is 0. The van der Waals surface area contributed by atoms with Gasteiger partial charge < -0.3 is 0 Å². The average Bonchev–Trinajstić information content (AvgIpc) is 3.22. The van der Waals surface area contributed by atoms with Gasteiger partial charge in [-0.25, -0.2) is 18.5 Å². The molecule has 0 saturated heterocycles. The molecule has 0 aliphatic heterocycles. The van der Waals surface area contributed by atoms with E-state index in [9.17, 15) is 8.42 Å². The maximum absolute atomic E-state index is 11.5. The first kappa shape index (κ1) is 17.5. The van der Waals surface area contributed by atoms with Gasteiger partial charge in [0, 0.05) is 17.2 Å². The Labute approximate surface area is 158 Å². The highest BCUT2D eigenvalue weighted by Gasteiger charge is 2.36. The Morgan fingerprint density at radius 3 is 2.04 bits per heavy atom. The van der Waals surface area contributed by atoms with E-state index < -0.39 is 10.0 Å². The van der Waals surface area contributed by atoms with Crippen LogP contribution >= 0.6 is 11.6 Å². The van der Waals surface area contributed by atoms with Crippen LogP contribution in [-0.4, -0.2) is 13.4 Å². The molecule has 1 aromatic heterocycles. The molecule has 0 bridgehead atoms. The fraction of sp³-hybridized carbons (Fsp3) is 0.250. The molecule has 2 aliphatic rings. The molecule has 2 aromatic rings. The number of primary sulfonamides is 1. The summed E-state index contributed by atoms with van der Waals surface area (Å²) in [7, 11) is -3.69. The van der Waals surface area contributed by atoms with Crippen molar-refractivity contribution in [3.63, 3.8) is 0 Å². The number of halogens is 1. The van der Waals surface area contributed by atoms with E-state index in [1.165, 1.54) is 12.8 Å². The third-order valence-electron chi connectivity index (χ3n) is 5.22. The van der Waals surface area contributed by atoms with Crippen LogP contribution in [0.15, 0.2) is 59.6 Å². The molecule has 2 aliphatic carbocycles. The molecule has 0 atom stereocenters. The number of hydrogen-bond donors (Lipinski definition) is 1. The van der Waals surface area contributed by atoms with Gasteiger partial charge in [-0.15, -0.1) is 0 Å². The zero-order valence-electron chi connectivity index (χ0n) is 14.2. The molecule has 1 heterocycles. The number of nitrogens with zero attached hydrogens (tertiary/aromatic N) is 1. The van der Waals surface area contributed by atoms with Gasteiger partial charge in [0.15, 0.2) is 0 Å². The number of allylic oxidation sites excluding steroid dienone is 4. The number of benzene rings is 1. The van der Waals surface area contributed by atoms with Crippen molar-refractivity contribution in [2.45, 2.75) is 30.6 Å². The van der Waals surface area contributed by atoms with Crippen LogP contribution in [0.2, 0.25) is 5.15 Å². The second kappa shape index (κ2) is 6.34. The Bertz CT molecular complexity index is 1000. The number of pyridine rings is 1. The minimum Gasteiger partial charge on any atom is -0.244 e. The molecular weight excluding hydrogens is 368 g/mol. The van der Waals surface area contributed by atoms with Gasteiger partial charge in [0.1, 0.15) is 5.15 Å². The van der Waals surface area contributed by atoms with Crippen molar-refractivity contribution in [3.8, 4) is 0 Å². The van der Waals surface area contributed by atoms with Gasteiger partial charge in [-0.3, -0.25) is 0 Å². The average molecular weight is 387 g/mol. The lowest BCUT2D eigenvalue weighted by Gasteiger charge is -2.16. The maximum Gasteiger partial charge on any atom is 0.238 e. The molecule has 6 heteroatoms. The first-order valence-corrected chi connectivity index (χ1v) is 10.5. The molecule has 134 valence electrons. The van der Waals surface area contributed by atoms with Crippen molar-refractivity contribution in [1.29, 1.82) is 0 Å². The molecule has 4 nitrogen and oxygen atoms in total. The highest BCUT2D eigenvalue weighted by Crippen LogP contribution is 2.51. The lowest BCUT2D eigenvalue weighted by atomic mass is 9.88. The molecule has 1 fully saturated rings. The molecule has 1 spiro atoms. The summed E-state index contributed by atoms with van der Waals surface area (Å²) in [4.78, 5) is 4.33. The van der Waals surface area contributed by atoms with E-state index in [0.29, 0.717) is 5.15 Å². The van der Waals surface area contributed by atoms with E-state index >= 15 is 0 Å². The lowest BCUT2D eigenvalue weighted by Crippen LogP contribution is -2.11. The first-order chi connectivity index (χ1) is 12.4. The Kier molecular flexibility index (Phi) is 4.26. The number of sulfonamides is 1. The maximum atomic E-state index is 11.5. The molecule has 26 heavy (non-hydrogen) atoms. The van der Waals surface area contributed by atoms with Gasteiger partial charge in [0.2, 0.25) is 10.0 Å². The van der Waals surface area contributed by atoms with Gasteiger partial charge in [-0.05, 0) is 53.8 Å². The number of nitrogens with two attached hydrogens (primary N) is 1. The van der Waals surface area contributed by atoms with E-state index in [1.54, 1.807) is 24.4 Å². The van der Waals surface area contributed by atoms with Gasteiger partial charge >= 0.3 is 0 Å². The second-order valence-corrected chi connectivity index (χ2v) is 8.94. The number of aromatic nitrogens is 1. The van der Waals surface area contributed by atoms with E-state index in [1.807, 2.05) is 18.2 Å². The lowest BCUT2D eigenvalue weighted by molar-refractivity contribution is 0.523. The highest BCUT2D eigenvalue weighted by molar-refractivity contribution is 7.89. The van der Waals surface area contributed by atoms with Crippen LogP contribution < -0.4 is 5.14 Å². The number of hydrogen-bond acceptors (Lipinski definition) is 3. The van der Waals surface area contributed by atoms with Crippen LogP contribution in [0, 0.1) is 5.41 Å². The Hall–Kier alpha value is -1.95. The van der Waals surface area contributed by atoms with Crippen molar-refractivity contribution in [3.05, 3.63) is 71.0 Å². The van der Waals surface area contributed by atoms with Crippen LogP contribution in [0.25, 0.3) is 11.1 Å². The van der Waals surface area contributed by atoms with Crippen molar-refractivity contribution >= 4 is 32.8 Å².